The lowest BCUT2D eigenvalue weighted by Crippen LogP contribution is -1.98. The molecule has 0 heterocycles. The van der Waals surface area contributed by atoms with Crippen molar-refractivity contribution < 1.29 is 70.9 Å². The lowest BCUT2D eigenvalue weighted by atomic mass is 10.2. The third kappa shape index (κ3) is 41.8. The zero-order chi connectivity index (χ0) is 71.0. The van der Waals surface area contributed by atoms with Crippen molar-refractivity contribution in [3.8, 4) is 57.5 Å². The van der Waals surface area contributed by atoms with E-state index >= 15 is 0 Å². The van der Waals surface area contributed by atoms with Crippen molar-refractivity contribution in [2.24, 2.45) is 0 Å². The van der Waals surface area contributed by atoms with Crippen LogP contribution in [0.3, 0.4) is 0 Å². The monoisotopic (exact) mass is 1540 g/mol. The molecule has 10 nitrogen and oxygen atoms in total. The summed E-state index contributed by atoms with van der Waals surface area (Å²) < 4.78 is 56.7. The molecule has 0 saturated heterocycles. The van der Waals surface area contributed by atoms with Crippen LogP contribution in [-0.2, 0) is 33.0 Å². The number of thiol groups is 5. The Morgan fingerprint density at radius 3 is 0.410 bits per heavy atom. The molecular weight excluding hydrogens is 1440 g/mol. The van der Waals surface area contributed by atoms with Crippen molar-refractivity contribution in [2.75, 3.05) is 33.0 Å². The number of benzene rings is 10. The van der Waals surface area contributed by atoms with E-state index in [1.807, 2.05) is 243 Å². The van der Waals surface area contributed by atoms with Crippen LogP contribution in [0.25, 0.3) is 0 Å². The molecule has 0 radical (unpaired) electrons. The van der Waals surface area contributed by atoms with Gasteiger partial charge in [-0.25, -0.2) is 0 Å². The van der Waals surface area contributed by atoms with Crippen LogP contribution in [0.2, 0.25) is 0 Å². The fraction of sp³-hybridized carbons (Fsp3) is 0.294. The molecule has 10 aromatic carbocycles. The first-order valence-corrected chi connectivity index (χ1v) is 36.8. The second kappa shape index (κ2) is 57.9. The Bertz CT molecular complexity index is 3130. The van der Waals surface area contributed by atoms with E-state index in [2.05, 4.69) is 97.8 Å². The summed E-state index contributed by atoms with van der Waals surface area (Å²) in [5.41, 5.74) is 5.64. The minimum Gasteiger partial charge on any atom is -0.494 e. The molecule has 0 bridgehead atoms. The highest BCUT2D eigenvalue weighted by atomic mass is 32.1. The van der Waals surface area contributed by atoms with Gasteiger partial charge in [-0.05, 0) is 242 Å². The predicted octanol–water partition coefficient (Wildman–Crippen LogP) is 24.4. The van der Waals surface area contributed by atoms with Crippen LogP contribution >= 0.6 is 63.1 Å². The van der Waals surface area contributed by atoms with E-state index in [1.165, 1.54) is 0 Å². The number of rotatable bonds is 35. The standard InChI is InChI=1S/5C17H20O2S.5FH/c5*1-2-3-12-18-15-6-4-14(5-7-15)13-19-16-8-10-17(20)11-9-16;;;;;/h5*4-11,20H,2-3,12-13H2,1H3;5*1H. The van der Waals surface area contributed by atoms with Gasteiger partial charge in [-0.3, -0.25) is 23.5 Å². The second-order valence-corrected chi connectivity index (χ2v) is 25.7. The van der Waals surface area contributed by atoms with Crippen LogP contribution in [0.5, 0.6) is 57.5 Å². The van der Waals surface area contributed by atoms with Crippen molar-refractivity contribution in [1.29, 1.82) is 0 Å². The summed E-state index contributed by atoms with van der Waals surface area (Å²) >= 11 is 21.2. The van der Waals surface area contributed by atoms with Crippen molar-refractivity contribution in [1.82, 2.24) is 0 Å². The van der Waals surface area contributed by atoms with Crippen LogP contribution in [0.1, 0.15) is 127 Å². The van der Waals surface area contributed by atoms with Gasteiger partial charge in [0.05, 0.1) is 33.0 Å². The quantitative estimate of drug-likeness (QED) is 0.0150. The Morgan fingerprint density at radius 2 is 0.286 bits per heavy atom. The summed E-state index contributed by atoms with van der Waals surface area (Å²) in [4.78, 5) is 4.68. The van der Waals surface area contributed by atoms with Gasteiger partial charge in [-0.1, -0.05) is 127 Å². The molecule has 0 atom stereocenters. The molecule has 10 aromatic rings. The van der Waals surface area contributed by atoms with E-state index in [9.17, 15) is 0 Å². The first-order valence-electron chi connectivity index (χ1n) is 34.6. The van der Waals surface area contributed by atoms with Crippen molar-refractivity contribution in [2.45, 2.75) is 156 Å². The van der Waals surface area contributed by atoms with Gasteiger partial charge in [-0.15, -0.1) is 63.1 Å². The molecule has 0 unspecified atom stereocenters. The molecule has 10 rings (SSSR count). The van der Waals surface area contributed by atoms with Crippen molar-refractivity contribution in [3.63, 3.8) is 0 Å². The highest BCUT2D eigenvalue weighted by Gasteiger charge is 2.05. The molecule has 0 aliphatic carbocycles. The fourth-order valence-electron chi connectivity index (χ4n) is 8.63. The molecule has 0 aromatic heterocycles. The molecule has 0 fully saturated rings. The molecule has 0 saturated carbocycles. The molecule has 0 spiro atoms. The summed E-state index contributed by atoms with van der Waals surface area (Å²) in [5.74, 6) is 8.86. The SMILES string of the molecule is CCCCOc1ccc(COc2ccc(S)cc2)cc1.CCCCOc1ccc(COc2ccc(S)cc2)cc1.CCCCOc1ccc(COc2ccc(S)cc2)cc1.CCCCOc1ccc(COc2ccc(S)cc2)cc1.CCCCOc1ccc(COc2ccc(S)cc2)cc1.F.F.F.F.F. The fourth-order valence-corrected chi connectivity index (χ4v) is 9.37. The third-order valence-corrected chi connectivity index (χ3v) is 16.2. The smallest absolute Gasteiger partial charge is 0.119 e. The maximum absolute atomic E-state index is 5.71. The molecule has 0 aliphatic rings. The Balaban J connectivity index is 0.000000649. The van der Waals surface area contributed by atoms with Gasteiger partial charge in [0, 0.05) is 24.5 Å². The van der Waals surface area contributed by atoms with Gasteiger partial charge >= 0.3 is 0 Å². The number of ether oxygens (including phenoxy) is 10. The maximum atomic E-state index is 5.71. The Kier molecular flexibility index (Phi) is 52.1. The number of hydrogen-bond donors (Lipinski definition) is 5. The highest BCUT2D eigenvalue weighted by Crippen LogP contribution is 2.24. The predicted molar refractivity (Wildman–Crippen MR) is 437 cm³/mol. The van der Waals surface area contributed by atoms with Crippen LogP contribution in [-0.4, -0.2) is 33.0 Å². The Hall–Kier alpha value is -8.40. The molecule has 0 amide bonds. The average molecular weight is 1540 g/mol. The van der Waals surface area contributed by atoms with Gasteiger partial charge < -0.3 is 47.4 Å². The van der Waals surface area contributed by atoms with Gasteiger partial charge in [0.2, 0.25) is 0 Å². The van der Waals surface area contributed by atoms with Crippen molar-refractivity contribution >= 4 is 63.1 Å². The zero-order valence-corrected chi connectivity index (χ0v) is 65.1. The highest BCUT2D eigenvalue weighted by molar-refractivity contribution is 7.81. The van der Waals surface area contributed by atoms with E-state index in [4.69, 9.17) is 47.4 Å². The number of hydrogen-bond acceptors (Lipinski definition) is 15. The minimum atomic E-state index is 0. The molecular formula is C85H105F5O10S5. The van der Waals surface area contributed by atoms with Crippen LogP contribution < -0.4 is 47.4 Å². The molecule has 0 N–H and O–H groups in total. The minimum absolute atomic E-state index is 0. The largest absolute Gasteiger partial charge is 0.494 e. The van der Waals surface area contributed by atoms with Crippen LogP contribution in [0.4, 0.5) is 23.5 Å². The summed E-state index contributed by atoms with van der Waals surface area (Å²) in [6.07, 6.45) is 11.2. The molecule has 570 valence electrons. The van der Waals surface area contributed by atoms with Crippen LogP contribution in [0, 0.1) is 0 Å². The average Bonchev–Trinajstić information content (AvgIpc) is 0.996. The normalized spacial score (nSPS) is 9.81. The van der Waals surface area contributed by atoms with Crippen molar-refractivity contribution in [3.05, 3.63) is 270 Å². The first kappa shape index (κ1) is 94.6. The van der Waals surface area contributed by atoms with E-state index in [-0.39, 0.29) is 23.5 Å². The van der Waals surface area contributed by atoms with Gasteiger partial charge in [-0.2, -0.15) is 0 Å². The van der Waals surface area contributed by atoms with E-state index < -0.39 is 0 Å². The van der Waals surface area contributed by atoms with E-state index in [0.717, 1.165) is 207 Å². The summed E-state index contributed by atoms with van der Waals surface area (Å²) in [7, 11) is 0. The topological polar surface area (TPSA) is 92.3 Å². The number of halogens is 5. The molecule has 105 heavy (non-hydrogen) atoms. The molecule has 0 aliphatic heterocycles. The summed E-state index contributed by atoms with van der Waals surface area (Å²) in [5, 5.41) is 0. The maximum Gasteiger partial charge on any atom is 0.119 e. The zero-order valence-electron chi connectivity index (χ0n) is 60.6. The Morgan fingerprint density at radius 1 is 0.171 bits per heavy atom. The lowest BCUT2D eigenvalue weighted by molar-refractivity contribution is 0.302. The van der Waals surface area contributed by atoms with E-state index in [0.29, 0.717) is 33.0 Å². The summed E-state index contributed by atoms with van der Waals surface area (Å²) in [6.45, 7) is 17.5. The van der Waals surface area contributed by atoms with Gasteiger partial charge in [0.25, 0.3) is 0 Å². The number of unbranched alkanes of at least 4 members (excludes halogenated alkanes) is 5. The van der Waals surface area contributed by atoms with Gasteiger partial charge in [0.15, 0.2) is 0 Å². The summed E-state index contributed by atoms with van der Waals surface area (Å²) in [6, 6.07) is 78.7. The second-order valence-electron chi connectivity index (χ2n) is 23.1. The third-order valence-electron chi connectivity index (χ3n) is 14.7. The van der Waals surface area contributed by atoms with Crippen LogP contribution in [0.15, 0.2) is 267 Å². The molecule has 20 heteroatoms. The first-order chi connectivity index (χ1) is 48.9. The lowest BCUT2D eigenvalue weighted by Gasteiger charge is -2.08. The Labute approximate surface area is 647 Å². The van der Waals surface area contributed by atoms with E-state index in [1.54, 1.807) is 0 Å². The van der Waals surface area contributed by atoms with Gasteiger partial charge in [0.1, 0.15) is 90.5 Å².